The second kappa shape index (κ2) is 53.9. The molecule has 0 aromatic rings. The maximum absolute atomic E-state index is 13.3. The normalized spacial score (nSPS) is 15.2. The number of carbonyl (C=O) groups is 10. The van der Waals surface area contributed by atoms with Crippen molar-refractivity contribution in [3.05, 3.63) is 0 Å². The largest absolute Gasteiger partial charge is 0.382 e. The number of carbonyl (C=O) groups excluding carboxylic acids is 10. The van der Waals surface area contributed by atoms with Crippen LogP contribution in [0.3, 0.4) is 0 Å². The minimum atomic E-state index is -0.890. The van der Waals surface area contributed by atoms with Gasteiger partial charge in [-0.15, -0.1) is 0 Å². The number of nitrogens with one attached hydrogen (secondary N) is 8. The molecule has 6 unspecified atom stereocenters. The Morgan fingerprint density at radius 3 is 1.51 bits per heavy atom. The summed E-state index contributed by atoms with van der Waals surface area (Å²) in [6.45, 7) is 20.2. The first kappa shape index (κ1) is 85.7. The van der Waals surface area contributed by atoms with Gasteiger partial charge in [0.15, 0.2) is 5.78 Å². The number of primary amides is 1. The fourth-order valence-corrected chi connectivity index (χ4v) is 10.1. The highest BCUT2D eigenvalue weighted by atomic mass is 32.2. The number of rotatable bonds is 59. The van der Waals surface area contributed by atoms with Crippen LogP contribution in [0.5, 0.6) is 0 Å². The van der Waals surface area contributed by atoms with Gasteiger partial charge in [-0.3, -0.25) is 43.2 Å². The number of likely N-dealkylation sites (tertiary alicyclic amines) is 1. The number of urea groups is 1. The van der Waals surface area contributed by atoms with E-state index in [-0.39, 0.29) is 182 Å². The quantitative estimate of drug-likeness (QED) is 0.0383. The van der Waals surface area contributed by atoms with E-state index in [1.807, 2.05) is 27.7 Å². The van der Waals surface area contributed by atoms with Gasteiger partial charge in [-0.25, -0.2) is 4.79 Å². The molecule has 30 heteroatoms. The molecule has 0 aromatic carbocycles. The van der Waals surface area contributed by atoms with Crippen LogP contribution in [0.2, 0.25) is 0 Å². The summed E-state index contributed by atoms with van der Waals surface area (Å²) in [6, 6.07) is -4.02. The molecule has 1 aliphatic heterocycles. The number of ketones is 1. The molecule has 0 spiro atoms. The van der Waals surface area contributed by atoms with Gasteiger partial charge in [-0.1, -0.05) is 61.8 Å². The van der Waals surface area contributed by atoms with Crippen molar-refractivity contribution in [1.82, 2.24) is 47.4 Å². The standard InChI is InChI=1S/C63H116N10O19S/c1-44(2)48-42-56(78)73(62(48)83)26-14-10-11-18-52(74)65-24-30-89-36-40-91-38-34-87-28-20-54(76)70-51(43-93-47(7)8)60(81)66-22-13-12-16-50(69-53(75)19-27-86-33-32-85-9)59(80)67-25-31-90-37-41-92-39-35-88-29-21-55(77)72-57(45(3)4)61(82)71-49(58(79)46(5)6)17-15-23-68-63(64)84/h44-51,57,62,83H,10-43H2,1-9H3,(H,65,74)(H,66,81)(H,67,80)(H,69,75)(H,70,76)(H,71,82)(H,72,77)(H3,64,68,84). The Kier molecular flexibility index (Phi) is 49.7. The summed E-state index contributed by atoms with van der Waals surface area (Å²) in [5.41, 5.74) is 5.12. The van der Waals surface area contributed by atoms with Crippen LogP contribution >= 0.6 is 11.8 Å². The lowest BCUT2D eigenvalue weighted by Crippen LogP contribution is -2.54. The molecule has 0 aliphatic carbocycles. The summed E-state index contributed by atoms with van der Waals surface area (Å²) in [6.07, 6.45) is 4.21. The van der Waals surface area contributed by atoms with Gasteiger partial charge in [0.25, 0.3) is 0 Å². The summed E-state index contributed by atoms with van der Waals surface area (Å²) < 4.78 is 43.8. The molecule has 538 valence electrons. The molecule has 0 bridgehead atoms. The second-order valence-corrected chi connectivity index (χ2v) is 25.5. The van der Waals surface area contributed by atoms with Crippen molar-refractivity contribution >= 4 is 70.8 Å². The van der Waals surface area contributed by atoms with Gasteiger partial charge in [-0.05, 0) is 62.0 Å². The number of unbranched alkanes of at least 4 members (excludes halogenated alkanes) is 3. The molecule has 29 nitrogen and oxygen atoms in total. The number of hydrogen-bond acceptors (Lipinski definition) is 20. The second-order valence-electron chi connectivity index (χ2n) is 23.8. The minimum absolute atomic E-state index is 0.0116. The van der Waals surface area contributed by atoms with E-state index < -0.39 is 54.1 Å². The lowest BCUT2D eigenvalue weighted by molar-refractivity contribution is -0.134. The van der Waals surface area contributed by atoms with E-state index in [2.05, 4.69) is 42.5 Å². The van der Waals surface area contributed by atoms with Crippen LogP contribution in [-0.2, 0) is 81.0 Å². The monoisotopic (exact) mass is 1350 g/mol. The third kappa shape index (κ3) is 43.4. The van der Waals surface area contributed by atoms with Gasteiger partial charge in [-0.2, -0.15) is 11.8 Å². The number of aliphatic hydroxyl groups is 1. The molecule has 1 fully saturated rings. The Morgan fingerprint density at radius 2 is 0.989 bits per heavy atom. The summed E-state index contributed by atoms with van der Waals surface area (Å²) >= 11 is 1.53. The molecule has 10 amide bonds. The number of amides is 10. The zero-order valence-corrected chi connectivity index (χ0v) is 57.9. The van der Waals surface area contributed by atoms with Gasteiger partial charge in [0.1, 0.15) is 24.4 Å². The van der Waals surface area contributed by atoms with E-state index in [0.717, 1.165) is 12.8 Å². The molecule has 0 saturated carbocycles. The first-order valence-electron chi connectivity index (χ1n) is 33.2. The molecular weight excluding hydrogens is 1230 g/mol. The van der Waals surface area contributed by atoms with E-state index >= 15 is 0 Å². The van der Waals surface area contributed by atoms with Gasteiger partial charge < -0.3 is 96.2 Å². The molecule has 93 heavy (non-hydrogen) atoms. The molecule has 1 heterocycles. The van der Waals surface area contributed by atoms with E-state index in [9.17, 15) is 53.1 Å². The molecule has 0 radical (unpaired) electrons. The highest BCUT2D eigenvalue weighted by Gasteiger charge is 2.39. The number of Topliss-reactive ketones (excluding diaryl/α,β-unsaturated/α-hetero) is 1. The molecule has 0 aromatic heterocycles. The molecule has 1 aliphatic rings. The van der Waals surface area contributed by atoms with Crippen LogP contribution in [0, 0.1) is 23.7 Å². The lowest BCUT2D eigenvalue weighted by atomic mass is 9.94. The van der Waals surface area contributed by atoms with Crippen LogP contribution < -0.4 is 48.3 Å². The van der Waals surface area contributed by atoms with Crippen molar-refractivity contribution in [2.75, 3.05) is 145 Å². The number of thioether (sulfide) groups is 1. The number of ether oxygens (including phenoxy) is 8. The van der Waals surface area contributed by atoms with Gasteiger partial charge in [0.2, 0.25) is 47.3 Å². The summed E-state index contributed by atoms with van der Waals surface area (Å²) in [7, 11) is 1.54. The topological polar surface area (TPSA) is 390 Å². The number of aliphatic hydroxyl groups excluding tert-OH is 1. The van der Waals surface area contributed by atoms with Crippen LogP contribution in [0.4, 0.5) is 4.79 Å². The number of nitrogens with two attached hydrogens (primary N) is 1. The van der Waals surface area contributed by atoms with Crippen LogP contribution in [0.15, 0.2) is 0 Å². The van der Waals surface area contributed by atoms with Crippen LogP contribution in [-0.4, -0.2) is 249 Å². The van der Waals surface area contributed by atoms with Gasteiger partial charge in [0, 0.05) is 89.5 Å². The number of nitrogens with zero attached hydrogens (tertiary/aromatic N) is 1. The first-order valence-corrected chi connectivity index (χ1v) is 34.2. The van der Waals surface area contributed by atoms with Crippen molar-refractivity contribution in [3.63, 3.8) is 0 Å². The summed E-state index contributed by atoms with van der Waals surface area (Å²) in [5, 5.41) is 32.8. The van der Waals surface area contributed by atoms with Crippen LogP contribution in [0.1, 0.15) is 139 Å². The first-order chi connectivity index (χ1) is 44.5. The van der Waals surface area contributed by atoms with Gasteiger partial charge >= 0.3 is 6.03 Å². The Balaban J connectivity index is 2.38. The average Bonchev–Trinajstić information content (AvgIpc) is 1.73. The fraction of sp³-hybridized carbons (Fsp3) is 0.841. The zero-order valence-electron chi connectivity index (χ0n) is 57.0. The third-order valence-electron chi connectivity index (χ3n) is 14.6. The Morgan fingerprint density at radius 1 is 0.505 bits per heavy atom. The van der Waals surface area contributed by atoms with E-state index in [0.29, 0.717) is 90.4 Å². The van der Waals surface area contributed by atoms with Crippen molar-refractivity contribution in [2.45, 2.75) is 175 Å². The van der Waals surface area contributed by atoms with Crippen molar-refractivity contribution in [2.24, 2.45) is 29.4 Å². The van der Waals surface area contributed by atoms with Gasteiger partial charge in [0.05, 0.1) is 105 Å². The lowest BCUT2D eigenvalue weighted by Gasteiger charge is -2.26. The minimum Gasteiger partial charge on any atom is -0.382 e. The highest BCUT2D eigenvalue weighted by molar-refractivity contribution is 7.99. The number of methoxy groups -OCH3 is 1. The predicted octanol–water partition coefficient (Wildman–Crippen LogP) is 1.23. The smallest absolute Gasteiger partial charge is 0.312 e. The van der Waals surface area contributed by atoms with E-state index in [1.165, 1.54) is 11.8 Å². The molecule has 1 saturated heterocycles. The zero-order chi connectivity index (χ0) is 69.2. The van der Waals surface area contributed by atoms with Crippen LogP contribution in [0.25, 0.3) is 0 Å². The molecule has 1 rings (SSSR count). The average molecular weight is 1350 g/mol. The molecular formula is C63H116N10O19S. The predicted molar refractivity (Wildman–Crippen MR) is 350 cm³/mol. The summed E-state index contributed by atoms with van der Waals surface area (Å²) in [5.74, 6) is -2.65. The van der Waals surface area contributed by atoms with Crippen molar-refractivity contribution in [1.29, 1.82) is 0 Å². The summed E-state index contributed by atoms with van der Waals surface area (Å²) in [4.78, 5) is 128. The number of hydrogen-bond donors (Lipinski definition) is 10. The van der Waals surface area contributed by atoms with E-state index in [1.54, 1.807) is 39.7 Å². The van der Waals surface area contributed by atoms with Crippen molar-refractivity contribution in [3.8, 4) is 0 Å². The Hall–Kier alpha value is -5.31. The SMILES string of the molecule is COCCOCCC(=O)NC(CCCCNC(=O)C(CSC(C)C)NC(=O)CCOCCOCCOCCNC(=O)CCCCCN1C(=O)CC(C(C)C)C1O)C(=O)NCCOCCOCCOCCC(=O)NC(C(=O)NC(CCCNC(N)=O)C(=O)C(C)C)C(C)C. The maximum atomic E-state index is 13.3. The highest BCUT2D eigenvalue weighted by Crippen LogP contribution is 2.30. The third-order valence-corrected chi connectivity index (χ3v) is 15.8. The maximum Gasteiger partial charge on any atom is 0.312 e. The molecule has 6 atom stereocenters. The molecule has 11 N–H and O–H groups in total. The Labute approximate surface area is 555 Å². The van der Waals surface area contributed by atoms with Crippen molar-refractivity contribution < 1.29 is 90.9 Å². The fourth-order valence-electron chi connectivity index (χ4n) is 9.26. The van der Waals surface area contributed by atoms with E-state index in [4.69, 9.17) is 43.6 Å². The Bertz CT molecular complexity index is 2130.